The number of alkyl carbamates (subject to hydrolysis) is 1. The number of hydrogen-bond donors (Lipinski definition) is 4. The summed E-state index contributed by atoms with van der Waals surface area (Å²) in [4.78, 5) is 43.1. The lowest BCUT2D eigenvalue weighted by Crippen LogP contribution is -2.53. The molecular formula is C27H36N6O4. The Morgan fingerprint density at radius 3 is 2.41 bits per heavy atom. The maximum absolute atomic E-state index is 12.9. The van der Waals surface area contributed by atoms with Crippen molar-refractivity contribution in [3.63, 3.8) is 0 Å². The Morgan fingerprint density at radius 2 is 1.70 bits per heavy atom. The zero-order chi connectivity index (χ0) is 26.5. The Hall–Kier alpha value is -3.92. The first-order valence-corrected chi connectivity index (χ1v) is 12.6. The molecule has 198 valence electrons. The van der Waals surface area contributed by atoms with E-state index in [9.17, 15) is 14.4 Å². The molecule has 6 N–H and O–H groups in total. The number of nitrogens with two attached hydrogens (primary N) is 2. The number of rotatable bonds is 11. The van der Waals surface area contributed by atoms with Gasteiger partial charge in [-0.05, 0) is 43.2 Å². The quantitative estimate of drug-likeness (QED) is 0.206. The summed E-state index contributed by atoms with van der Waals surface area (Å²) in [6.45, 7) is 1.54. The number of guanidine groups is 1. The van der Waals surface area contributed by atoms with Gasteiger partial charge in [0.25, 0.3) is 0 Å². The van der Waals surface area contributed by atoms with Crippen LogP contribution >= 0.6 is 0 Å². The van der Waals surface area contributed by atoms with Gasteiger partial charge in [-0.3, -0.25) is 19.9 Å². The number of unbranched alkanes of at least 4 members (excludes halogenated alkanes) is 1. The first-order valence-electron chi connectivity index (χ1n) is 12.6. The van der Waals surface area contributed by atoms with Gasteiger partial charge in [0.1, 0.15) is 12.6 Å². The fraction of sp³-hybridized carbons (Fsp3) is 0.407. The molecule has 0 aliphatic carbocycles. The van der Waals surface area contributed by atoms with Crippen LogP contribution in [0.3, 0.4) is 0 Å². The second-order valence-corrected chi connectivity index (χ2v) is 8.94. The molecule has 0 spiro atoms. The average Bonchev–Trinajstić information content (AvgIpc) is 3.40. The molecule has 0 unspecified atom stereocenters. The lowest BCUT2D eigenvalue weighted by Gasteiger charge is -2.26. The highest BCUT2D eigenvalue weighted by atomic mass is 16.5. The average molecular weight is 509 g/mol. The Balaban J connectivity index is 1.33. The lowest BCUT2D eigenvalue weighted by molar-refractivity contribution is -0.138. The van der Waals surface area contributed by atoms with Crippen LogP contribution in [0, 0.1) is 0 Å². The van der Waals surface area contributed by atoms with Gasteiger partial charge in [0, 0.05) is 19.6 Å². The van der Waals surface area contributed by atoms with Crippen LogP contribution in [-0.2, 0) is 27.4 Å². The molecule has 0 aromatic heterocycles. The van der Waals surface area contributed by atoms with Crippen molar-refractivity contribution in [3.8, 4) is 0 Å². The van der Waals surface area contributed by atoms with E-state index in [-0.39, 0.29) is 24.4 Å². The Morgan fingerprint density at radius 1 is 1.03 bits per heavy atom. The molecule has 37 heavy (non-hydrogen) atoms. The number of likely N-dealkylation sites (tertiary alicyclic amines) is 1. The third-order valence-corrected chi connectivity index (χ3v) is 6.05. The van der Waals surface area contributed by atoms with Crippen LogP contribution in [0.5, 0.6) is 0 Å². The van der Waals surface area contributed by atoms with Crippen LogP contribution in [0.4, 0.5) is 4.79 Å². The van der Waals surface area contributed by atoms with E-state index in [0.29, 0.717) is 45.3 Å². The van der Waals surface area contributed by atoms with Gasteiger partial charge in [-0.25, -0.2) is 4.79 Å². The van der Waals surface area contributed by atoms with E-state index in [1.54, 1.807) is 4.90 Å². The second-order valence-electron chi connectivity index (χ2n) is 8.94. The van der Waals surface area contributed by atoms with Crippen molar-refractivity contribution in [2.24, 2.45) is 16.5 Å². The number of benzene rings is 2. The Kier molecular flexibility index (Phi) is 10.9. The minimum Gasteiger partial charge on any atom is -0.445 e. The molecule has 1 saturated heterocycles. The maximum atomic E-state index is 12.9. The van der Waals surface area contributed by atoms with Gasteiger partial charge in [0.2, 0.25) is 11.8 Å². The first-order chi connectivity index (χ1) is 17.9. The summed E-state index contributed by atoms with van der Waals surface area (Å²) in [7, 11) is 0. The van der Waals surface area contributed by atoms with Crippen molar-refractivity contribution in [2.45, 2.75) is 50.8 Å². The normalized spacial score (nSPS) is 16.2. The molecule has 10 heteroatoms. The van der Waals surface area contributed by atoms with E-state index >= 15 is 0 Å². The van der Waals surface area contributed by atoms with Crippen molar-refractivity contribution in [1.82, 2.24) is 15.5 Å². The summed E-state index contributed by atoms with van der Waals surface area (Å²) in [5.74, 6) is -0.596. The van der Waals surface area contributed by atoms with Gasteiger partial charge in [0.15, 0.2) is 5.96 Å². The molecule has 3 amide bonds. The van der Waals surface area contributed by atoms with E-state index in [4.69, 9.17) is 16.2 Å². The molecule has 10 nitrogen and oxygen atoms in total. The van der Waals surface area contributed by atoms with E-state index in [1.807, 2.05) is 60.7 Å². The zero-order valence-corrected chi connectivity index (χ0v) is 21.0. The summed E-state index contributed by atoms with van der Waals surface area (Å²) in [6.07, 6.45) is 2.55. The Bertz CT molecular complexity index is 1050. The highest BCUT2D eigenvalue weighted by Crippen LogP contribution is 2.19. The molecule has 1 aliphatic rings. The summed E-state index contributed by atoms with van der Waals surface area (Å²) in [6, 6.07) is 17.7. The van der Waals surface area contributed by atoms with Crippen LogP contribution < -0.4 is 22.1 Å². The Labute approximate surface area is 217 Å². The molecule has 2 aromatic rings. The molecule has 0 bridgehead atoms. The minimum absolute atomic E-state index is 0.00751. The number of amides is 3. The number of aliphatic imine (C=N–C) groups is 1. The van der Waals surface area contributed by atoms with Crippen LogP contribution in [0.25, 0.3) is 0 Å². The number of carbonyl (C=O) groups is 3. The minimum atomic E-state index is -0.717. The molecule has 1 heterocycles. The highest BCUT2D eigenvalue weighted by Gasteiger charge is 2.36. The predicted molar refractivity (Wildman–Crippen MR) is 141 cm³/mol. The van der Waals surface area contributed by atoms with Crippen LogP contribution in [0.2, 0.25) is 0 Å². The van der Waals surface area contributed by atoms with Gasteiger partial charge in [-0.2, -0.15) is 0 Å². The monoisotopic (exact) mass is 508 g/mol. The summed E-state index contributed by atoms with van der Waals surface area (Å²) >= 11 is 0. The second kappa shape index (κ2) is 14.6. The highest BCUT2D eigenvalue weighted by molar-refractivity contribution is 6.00. The van der Waals surface area contributed by atoms with E-state index in [2.05, 4.69) is 15.6 Å². The molecule has 1 aliphatic heterocycles. The van der Waals surface area contributed by atoms with E-state index in [0.717, 1.165) is 17.5 Å². The van der Waals surface area contributed by atoms with Gasteiger partial charge in [0.05, 0.1) is 6.04 Å². The molecule has 2 aromatic carbocycles. The smallest absolute Gasteiger partial charge is 0.407 e. The fourth-order valence-corrected chi connectivity index (χ4v) is 4.12. The topological polar surface area (TPSA) is 152 Å². The fourth-order valence-electron chi connectivity index (χ4n) is 4.12. The number of hydrogen-bond acceptors (Lipinski definition) is 6. The SMILES string of the molecule is NC(=NCCCCNC(=O)OCc1ccccc1)NC(=O)[C@@H]1CCCN1C(=O)[C@H](N)Cc1ccccc1. The molecular weight excluding hydrogens is 472 g/mol. The maximum Gasteiger partial charge on any atom is 0.407 e. The molecule has 2 atom stereocenters. The number of nitrogens with one attached hydrogen (secondary N) is 2. The van der Waals surface area contributed by atoms with E-state index < -0.39 is 18.2 Å². The molecule has 0 saturated carbocycles. The largest absolute Gasteiger partial charge is 0.445 e. The molecule has 1 fully saturated rings. The zero-order valence-electron chi connectivity index (χ0n) is 21.0. The van der Waals surface area contributed by atoms with Crippen LogP contribution in [0.1, 0.15) is 36.8 Å². The summed E-state index contributed by atoms with van der Waals surface area (Å²) in [5, 5.41) is 5.29. The van der Waals surface area contributed by atoms with Gasteiger partial charge in [-0.1, -0.05) is 60.7 Å². The van der Waals surface area contributed by atoms with Gasteiger partial charge in [-0.15, -0.1) is 0 Å². The van der Waals surface area contributed by atoms with Crippen molar-refractivity contribution >= 4 is 23.9 Å². The standard InChI is InChI=1S/C27H36N6O4/c28-22(18-20-10-3-1-4-11-20)25(35)33-17-9-14-23(33)24(34)32-26(29)30-15-7-8-16-31-27(36)37-19-21-12-5-2-6-13-21/h1-6,10-13,22-23H,7-9,14-19,28H2,(H,31,36)(H3,29,30,32,34)/t22-,23+/m1/s1. The number of nitrogens with zero attached hydrogens (tertiary/aromatic N) is 2. The third-order valence-electron chi connectivity index (χ3n) is 6.05. The lowest BCUT2D eigenvalue weighted by atomic mass is 10.1. The van der Waals surface area contributed by atoms with Gasteiger partial charge >= 0.3 is 6.09 Å². The van der Waals surface area contributed by atoms with Crippen molar-refractivity contribution in [1.29, 1.82) is 0 Å². The van der Waals surface area contributed by atoms with E-state index in [1.165, 1.54) is 0 Å². The van der Waals surface area contributed by atoms with Crippen LogP contribution in [0.15, 0.2) is 65.7 Å². The number of carbonyl (C=O) groups excluding carboxylic acids is 3. The summed E-state index contributed by atoms with van der Waals surface area (Å²) < 4.78 is 5.15. The van der Waals surface area contributed by atoms with Crippen molar-refractivity contribution in [3.05, 3.63) is 71.8 Å². The van der Waals surface area contributed by atoms with Crippen molar-refractivity contribution in [2.75, 3.05) is 19.6 Å². The summed E-state index contributed by atoms with van der Waals surface area (Å²) in [5.41, 5.74) is 13.9. The molecule has 0 radical (unpaired) electrons. The number of ether oxygens (including phenoxy) is 1. The van der Waals surface area contributed by atoms with Crippen LogP contribution in [-0.4, -0.2) is 60.5 Å². The first kappa shape index (κ1) is 27.7. The van der Waals surface area contributed by atoms with Crippen molar-refractivity contribution < 1.29 is 19.1 Å². The van der Waals surface area contributed by atoms with Gasteiger partial charge < -0.3 is 26.4 Å². The predicted octanol–water partition coefficient (Wildman–Crippen LogP) is 1.68. The molecule has 3 rings (SSSR count). The third kappa shape index (κ3) is 9.23.